The maximum atomic E-state index is 12.1. The molecular formula is C25H33BrO5. The van der Waals surface area contributed by atoms with Crippen LogP contribution in [0.4, 0.5) is 0 Å². The Balaban J connectivity index is 1.70. The van der Waals surface area contributed by atoms with Crippen LogP contribution < -0.4 is 4.74 Å². The van der Waals surface area contributed by atoms with E-state index in [1.807, 2.05) is 0 Å². The van der Waals surface area contributed by atoms with Gasteiger partial charge in [0.25, 0.3) is 0 Å². The summed E-state index contributed by atoms with van der Waals surface area (Å²) in [6.07, 6.45) is 4.89. The van der Waals surface area contributed by atoms with Crippen LogP contribution in [0.5, 0.6) is 5.75 Å². The lowest BCUT2D eigenvalue weighted by Gasteiger charge is -2.50. The minimum absolute atomic E-state index is 0.120. The molecule has 4 rings (SSSR count). The third-order valence-electron chi connectivity index (χ3n) is 8.27. The van der Waals surface area contributed by atoms with E-state index in [2.05, 4.69) is 41.1 Å². The molecule has 0 aromatic heterocycles. The van der Waals surface area contributed by atoms with Crippen LogP contribution in [0.1, 0.15) is 63.5 Å². The average molecular weight is 493 g/mol. The van der Waals surface area contributed by atoms with Crippen LogP contribution in [0.15, 0.2) is 18.2 Å². The Bertz CT molecular complexity index is 869. The maximum absolute atomic E-state index is 12.1. The average Bonchev–Trinajstić information content (AvgIpc) is 3.00. The van der Waals surface area contributed by atoms with Gasteiger partial charge in [0, 0.05) is 24.6 Å². The quantitative estimate of drug-likeness (QED) is 0.425. The molecule has 2 fully saturated rings. The van der Waals surface area contributed by atoms with Gasteiger partial charge in [-0.05, 0) is 73.1 Å². The highest BCUT2D eigenvalue weighted by Crippen LogP contribution is 2.66. The molecule has 3 aliphatic carbocycles. The first-order valence-electron chi connectivity index (χ1n) is 11.3. The number of halogens is 1. The molecule has 6 atom stereocenters. The number of hydrogen-bond acceptors (Lipinski definition) is 5. The lowest BCUT2D eigenvalue weighted by molar-refractivity contribution is -0.167. The lowest BCUT2D eigenvalue weighted by Crippen LogP contribution is -2.49. The summed E-state index contributed by atoms with van der Waals surface area (Å²) in [4.78, 5) is 23.8. The molecular weight excluding hydrogens is 460 g/mol. The zero-order valence-electron chi connectivity index (χ0n) is 18.9. The highest BCUT2D eigenvalue weighted by Gasteiger charge is 2.65. The minimum Gasteiger partial charge on any atom is -0.497 e. The predicted octanol–water partition coefficient (Wildman–Crippen LogP) is 5.04. The number of benzene rings is 1. The third-order valence-corrected chi connectivity index (χ3v) is 9.38. The van der Waals surface area contributed by atoms with Crippen molar-refractivity contribution >= 4 is 27.9 Å². The van der Waals surface area contributed by atoms with Crippen molar-refractivity contribution < 1.29 is 23.8 Å². The summed E-state index contributed by atoms with van der Waals surface area (Å²) in [5.74, 6) is 1.84. The molecule has 0 unspecified atom stereocenters. The standard InChI is InChI=1S/C25H33BrO5/c1-15(27)30-14-25(13-26)12-22-21-7-5-17-11-18(29-4)6-8-19(17)20(21)9-10-24(22,3)23(25)31-16(2)28/h6,8,11,20-23H,5,7,9-10,12-14H2,1-4H3/t20-,21-,22+,23-,24+,25-/m1/s1. The molecule has 0 aliphatic heterocycles. The number of hydrogen-bond donors (Lipinski definition) is 0. The van der Waals surface area contributed by atoms with Gasteiger partial charge in [-0.2, -0.15) is 0 Å². The number of methoxy groups -OCH3 is 1. The van der Waals surface area contributed by atoms with Crippen molar-refractivity contribution in [3.05, 3.63) is 29.3 Å². The second-order valence-corrected chi connectivity index (χ2v) is 10.6. The molecule has 170 valence electrons. The molecule has 0 amide bonds. The molecule has 1 aromatic carbocycles. The van der Waals surface area contributed by atoms with Gasteiger partial charge in [0.1, 0.15) is 18.5 Å². The number of carbonyl (C=O) groups excluding carboxylic acids is 2. The van der Waals surface area contributed by atoms with Crippen molar-refractivity contribution in [1.29, 1.82) is 0 Å². The van der Waals surface area contributed by atoms with Gasteiger partial charge in [-0.3, -0.25) is 9.59 Å². The van der Waals surface area contributed by atoms with Gasteiger partial charge < -0.3 is 14.2 Å². The highest BCUT2D eigenvalue weighted by molar-refractivity contribution is 9.09. The van der Waals surface area contributed by atoms with Crippen LogP contribution in [-0.2, 0) is 25.5 Å². The fourth-order valence-corrected chi connectivity index (χ4v) is 7.64. The van der Waals surface area contributed by atoms with Gasteiger partial charge in [-0.25, -0.2) is 0 Å². The van der Waals surface area contributed by atoms with Crippen molar-refractivity contribution in [2.75, 3.05) is 19.0 Å². The van der Waals surface area contributed by atoms with E-state index in [1.54, 1.807) is 7.11 Å². The maximum Gasteiger partial charge on any atom is 0.302 e. The van der Waals surface area contributed by atoms with Gasteiger partial charge in [0.15, 0.2) is 0 Å². The van der Waals surface area contributed by atoms with Crippen LogP contribution in [-0.4, -0.2) is 37.1 Å². The topological polar surface area (TPSA) is 61.8 Å². The zero-order chi connectivity index (χ0) is 22.4. The first kappa shape index (κ1) is 22.6. The highest BCUT2D eigenvalue weighted by atomic mass is 79.9. The van der Waals surface area contributed by atoms with Crippen molar-refractivity contribution in [3.63, 3.8) is 0 Å². The number of aryl methyl sites for hydroxylation is 1. The van der Waals surface area contributed by atoms with E-state index >= 15 is 0 Å². The fourth-order valence-electron chi connectivity index (χ4n) is 6.96. The lowest BCUT2D eigenvalue weighted by atomic mass is 9.55. The Morgan fingerprint density at radius 1 is 1.19 bits per heavy atom. The molecule has 0 radical (unpaired) electrons. The molecule has 0 bridgehead atoms. The fraction of sp³-hybridized carbons (Fsp3) is 0.680. The van der Waals surface area contributed by atoms with Crippen molar-refractivity contribution in [2.45, 2.75) is 64.9 Å². The Morgan fingerprint density at radius 3 is 2.61 bits per heavy atom. The van der Waals surface area contributed by atoms with E-state index in [9.17, 15) is 9.59 Å². The van der Waals surface area contributed by atoms with Crippen LogP contribution in [0.3, 0.4) is 0 Å². The molecule has 0 saturated heterocycles. The van der Waals surface area contributed by atoms with Gasteiger partial charge in [-0.1, -0.05) is 28.9 Å². The van der Waals surface area contributed by atoms with E-state index in [0.29, 0.717) is 23.1 Å². The molecule has 1 aromatic rings. The number of esters is 2. The second kappa shape index (κ2) is 8.42. The first-order chi connectivity index (χ1) is 14.7. The summed E-state index contributed by atoms with van der Waals surface area (Å²) in [5, 5.41) is 0.641. The molecule has 0 heterocycles. The third kappa shape index (κ3) is 3.79. The molecule has 3 aliphatic rings. The number of alkyl halides is 1. The van der Waals surface area contributed by atoms with Crippen LogP contribution >= 0.6 is 15.9 Å². The van der Waals surface area contributed by atoms with Crippen LogP contribution in [0, 0.1) is 22.7 Å². The Morgan fingerprint density at radius 2 is 1.97 bits per heavy atom. The van der Waals surface area contributed by atoms with Crippen LogP contribution in [0.2, 0.25) is 0 Å². The van der Waals surface area contributed by atoms with Crippen LogP contribution in [0.25, 0.3) is 0 Å². The number of fused-ring (bicyclic) bond motifs is 5. The van der Waals surface area contributed by atoms with Gasteiger partial charge in [0.2, 0.25) is 0 Å². The second-order valence-electron chi connectivity index (χ2n) is 9.99. The molecule has 6 heteroatoms. The molecule has 2 saturated carbocycles. The number of ether oxygens (including phenoxy) is 3. The Labute approximate surface area is 193 Å². The SMILES string of the molecule is COc1ccc2c(c1)CC[C@@H]1[C@@H]2CC[C@@]2(C)[C@H]1C[C@@](CBr)(COC(C)=O)[C@@H]2OC(C)=O. The monoisotopic (exact) mass is 492 g/mol. The number of carbonyl (C=O) groups is 2. The van der Waals surface area contributed by atoms with Gasteiger partial charge in [-0.15, -0.1) is 0 Å². The predicted molar refractivity (Wildman–Crippen MR) is 121 cm³/mol. The van der Waals surface area contributed by atoms with E-state index in [4.69, 9.17) is 14.2 Å². The first-order valence-corrected chi connectivity index (χ1v) is 12.4. The molecule has 0 N–H and O–H groups in total. The van der Waals surface area contributed by atoms with Crippen molar-refractivity contribution in [1.82, 2.24) is 0 Å². The summed E-state index contributed by atoms with van der Waals surface area (Å²) in [7, 11) is 1.72. The Hall–Kier alpha value is -1.56. The van der Waals surface area contributed by atoms with E-state index in [0.717, 1.165) is 37.9 Å². The molecule has 0 spiro atoms. The summed E-state index contributed by atoms with van der Waals surface area (Å²) in [6.45, 7) is 5.50. The van der Waals surface area contributed by atoms with Crippen molar-refractivity contribution in [2.24, 2.45) is 22.7 Å². The molecule has 5 nitrogen and oxygen atoms in total. The smallest absolute Gasteiger partial charge is 0.302 e. The summed E-state index contributed by atoms with van der Waals surface area (Å²) in [6, 6.07) is 6.52. The molecule has 31 heavy (non-hydrogen) atoms. The van der Waals surface area contributed by atoms with E-state index in [-0.39, 0.29) is 30.1 Å². The number of rotatable bonds is 5. The minimum atomic E-state index is -0.397. The normalized spacial score (nSPS) is 36.0. The van der Waals surface area contributed by atoms with Gasteiger partial charge in [0.05, 0.1) is 12.5 Å². The van der Waals surface area contributed by atoms with E-state index < -0.39 is 5.41 Å². The van der Waals surface area contributed by atoms with E-state index in [1.165, 1.54) is 25.0 Å². The largest absolute Gasteiger partial charge is 0.497 e. The van der Waals surface area contributed by atoms with Crippen molar-refractivity contribution in [3.8, 4) is 5.75 Å². The Kier molecular flexibility index (Phi) is 6.14. The summed E-state index contributed by atoms with van der Waals surface area (Å²) < 4.78 is 17.0. The summed E-state index contributed by atoms with van der Waals surface area (Å²) >= 11 is 3.71. The van der Waals surface area contributed by atoms with Gasteiger partial charge >= 0.3 is 11.9 Å². The summed E-state index contributed by atoms with van der Waals surface area (Å²) in [5.41, 5.74) is 2.35. The zero-order valence-corrected chi connectivity index (χ0v) is 20.5.